The molecule has 3 nitrogen and oxygen atoms in total. The second-order valence-electron chi connectivity index (χ2n) is 3.52. The summed E-state index contributed by atoms with van der Waals surface area (Å²) in [6.07, 6.45) is 3.83. The molecule has 0 unspecified atom stereocenters. The SMILES string of the molecule is CSc1ncc2c(n1)-c1ccccc1OC2. The molecule has 2 aromatic rings. The Morgan fingerprint density at radius 2 is 2.19 bits per heavy atom. The quantitative estimate of drug-likeness (QED) is 0.557. The zero-order valence-electron chi connectivity index (χ0n) is 8.80. The molecule has 4 heteroatoms. The van der Waals surface area contributed by atoms with Crippen molar-refractivity contribution >= 4 is 11.8 Å². The van der Waals surface area contributed by atoms with Crippen molar-refractivity contribution in [3.8, 4) is 17.0 Å². The lowest BCUT2D eigenvalue weighted by molar-refractivity contribution is 0.300. The molecule has 0 atom stereocenters. The molecular formula is C12H10N2OS. The summed E-state index contributed by atoms with van der Waals surface area (Å²) in [6.45, 7) is 0.557. The second kappa shape index (κ2) is 3.79. The lowest BCUT2D eigenvalue weighted by atomic mass is 10.0. The average molecular weight is 230 g/mol. The number of fused-ring (bicyclic) bond motifs is 3. The van der Waals surface area contributed by atoms with Crippen molar-refractivity contribution in [1.82, 2.24) is 9.97 Å². The van der Waals surface area contributed by atoms with Gasteiger partial charge in [-0.1, -0.05) is 23.9 Å². The molecule has 1 aromatic carbocycles. The summed E-state index contributed by atoms with van der Waals surface area (Å²) in [5, 5.41) is 0.801. The van der Waals surface area contributed by atoms with Crippen LogP contribution in [0.4, 0.5) is 0 Å². The van der Waals surface area contributed by atoms with Gasteiger partial charge in [0.1, 0.15) is 12.4 Å². The number of para-hydroxylation sites is 1. The number of hydrogen-bond donors (Lipinski definition) is 0. The van der Waals surface area contributed by atoms with Crippen LogP contribution in [0.15, 0.2) is 35.6 Å². The summed E-state index contributed by atoms with van der Waals surface area (Å²) in [5.41, 5.74) is 3.11. The van der Waals surface area contributed by atoms with E-state index in [0.29, 0.717) is 6.61 Å². The maximum absolute atomic E-state index is 5.64. The van der Waals surface area contributed by atoms with Crippen molar-refractivity contribution in [1.29, 1.82) is 0 Å². The number of rotatable bonds is 1. The Balaban J connectivity index is 2.22. The smallest absolute Gasteiger partial charge is 0.187 e. The fourth-order valence-corrected chi connectivity index (χ4v) is 2.11. The van der Waals surface area contributed by atoms with E-state index in [1.807, 2.05) is 36.7 Å². The number of hydrogen-bond acceptors (Lipinski definition) is 4. The van der Waals surface area contributed by atoms with Crippen LogP contribution in [-0.2, 0) is 6.61 Å². The summed E-state index contributed by atoms with van der Waals surface area (Å²) in [5.74, 6) is 0.903. The molecule has 80 valence electrons. The standard InChI is InChI=1S/C12H10N2OS/c1-16-12-13-6-8-7-15-10-5-3-2-4-9(10)11(8)14-12/h2-6H,7H2,1H3. The van der Waals surface area contributed by atoms with Crippen LogP contribution < -0.4 is 4.74 Å². The Kier molecular flexibility index (Phi) is 2.29. The molecule has 0 aliphatic carbocycles. The van der Waals surface area contributed by atoms with Crippen LogP contribution in [0, 0.1) is 0 Å². The van der Waals surface area contributed by atoms with Gasteiger partial charge >= 0.3 is 0 Å². The number of aromatic nitrogens is 2. The molecule has 0 amide bonds. The highest BCUT2D eigenvalue weighted by Crippen LogP contribution is 2.35. The van der Waals surface area contributed by atoms with Gasteiger partial charge in [-0.05, 0) is 18.4 Å². The van der Waals surface area contributed by atoms with Gasteiger partial charge in [0.15, 0.2) is 5.16 Å². The van der Waals surface area contributed by atoms with Gasteiger partial charge in [0, 0.05) is 17.3 Å². The largest absolute Gasteiger partial charge is 0.488 e. The summed E-state index contributed by atoms with van der Waals surface area (Å²) in [4.78, 5) is 8.80. The fraction of sp³-hybridized carbons (Fsp3) is 0.167. The summed E-state index contributed by atoms with van der Waals surface area (Å²) >= 11 is 1.55. The minimum Gasteiger partial charge on any atom is -0.488 e. The first-order chi connectivity index (χ1) is 7.88. The molecular weight excluding hydrogens is 220 g/mol. The lowest BCUT2D eigenvalue weighted by Crippen LogP contribution is -2.08. The van der Waals surface area contributed by atoms with E-state index in [2.05, 4.69) is 9.97 Å². The maximum Gasteiger partial charge on any atom is 0.187 e. The van der Waals surface area contributed by atoms with Crippen molar-refractivity contribution in [3.05, 3.63) is 36.0 Å². The average Bonchev–Trinajstić information content (AvgIpc) is 2.38. The molecule has 16 heavy (non-hydrogen) atoms. The third kappa shape index (κ3) is 1.46. The van der Waals surface area contributed by atoms with Crippen LogP contribution in [-0.4, -0.2) is 16.2 Å². The van der Waals surface area contributed by atoms with Crippen molar-refractivity contribution in [3.63, 3.8) is 0 Å². The van der Waals surface area contributed by atoms with Gasteiger partial charge in [-0.3, -0.25) is 0 Å². The molecule has 0 saturated heterocycles. The van der Waals surface area contributed by atoms with Gasteiger partial charge in [0.05, 0.1) is 5.69 Å². The van der Waals surface area contributed by atoms with E-state index in [9.17, 15) is 0 Å². The normalized spacial score (nSPS) is 12.6. The molecule has 0 fully saturated rings. The minimum absolute atomic E-state index is 0.557. The van der Waals surface area contributed by atoms with Crippen LogP contribution in [0.1, 0.15) is 5.56 Å². The Morgan fingerprint density at radius 1 is 1.31 bits per heavy atom. The zero-order chi connectivity index (χ0) is 11.0. The number of ether oxygens (including phenoxy) is 1. The van der Waals surface area contributed by atoms with Crippen LogP contribution in [0.2, 0.25) is 0 Å². The molecule has 0 bridgehead atoms. The zero-order valence-corrected chi connectivity index (χ0v) is 9.62. The molecule has 0 radical (unpaired) electrons. The first kappa shape index (κ1) is 9.66. The van der Waals surface area contributed by atoms with E-state index >= 15 is 0 Å². The first-order valence-corrected chi connectivity index (χ1v) is 6.23. The molecule has 3 rings (SSSR count). The molecule has 1 aromatic heterocycles. The van der Waals surface area contributed by atoms with Crippen LogP contribution in [0.5, 0.6) is 5.75 Å². The summed E-state index contributed by atoms with van der Waals surface area (Å²) in [6, 6.07) is 7.97. The molecule has 1 aliphatic rings. The first-order valence-electron chi connectivity index (χ1n) is 5.00. The predicted molar refractivity (Wildman–Crippen MR) is 63.6 cm³/mol. The van der Waals surface area contributed by atoms with Crippen molar-refractivity contribution in [2.75, 3.05) is 6.26 Å². The molecule has 1 aliphatic heterocycles. The van der Waals surface area contributed by atoms with Crippen LogP contribution >= 0.6 is 11.8 Å². The Hall–Kier alpha value is -1.55. The highest BCUT2D eigenvalue weighted by atomic mass is 32.2. The molecule has 0 saturated carbocycles. The minimum atomic E-state index is 0.557. The van der Waals surface area contributed by atoms with Gasteiger partial charge in [-0.25, -0.2) is 9.97 Å². The van der Waals surface area contributed by atoms with E-state index in [4.69, 9.17) is 4.74 Å². The van der Waals surface area contributed by atoms with Gasteiger partial charge in [-0.15, -0.1) is 0 Å². The Morgan fingerprint density at radius 3 is 3.06 bits per heavy atom. The monoisotopic (exact) mass is 230 g/mol. The molecule has 0 N–H and O–H groups in total. The van der Waals surface area contributed by atoms with Gasteiger partial charge in [0.25, 0.3) is 0 Å². The summed E-state index contributed by atoms with van der Waals surface area (Å²) in [7, 11) is 0. The van der Waals surface area contributed by atoms with E-state index in [0.717, 1.165) is 27.7 Å². The van der Waals surface area contributed by atoms with Crippen molar-refractivity contribution in [2.45, 2.75) is 11.8 Å². The number of nitrogens with zero attached hydrogens (tertiary/aromatic N) is 2. The lowest BCUT2D eigenvalue weighted by Gasteiger charge is -2.19. The number of thioether (sulfide) groups is 1. The predicted octanol–water partition coefficient (Wildman–Crippen LogP) is 2.76. The van der Waals surface area contributed by atoms with E-state index < -0.39 is 0 Å². The Bertz CT molecular complexity index is 542. The molecule has 2 heterocycles. The second-order valence-corrected chi connectivity index (χ2v) is 4.29. The third-order valence-corrected chi connectivity index (χ3v) is 3.11. The van der Waals surface area contributed by atoms with E-state index in [-0.39, 0.29) is 0 Å². The van der Waals surface area contributed by atoms with Crippen LogP contribution in [0.25, 0.3) is 11.3 Å². The maximum atomic E-state index is 5.64. The fourth-order valence-electron chi connectivity index (χ4n) is 1.77. The van der Waals surface area contributed by atoms with Crippen molar-refractivity contribution in [2.24, 2.45) is 0 Å². The highest BCUT2D eigenvalue weighted by molar-refractivity contribution is 7.98. The molecule has 0 spiro atoms. The third-order valence-electron chi connectivity index (χ3n) is 2.55. The Labute approximate surface area is 97.9 Å². The highest BCUT2D eigenvalue weighted by Gasteiger charge is 2.18. The van der Waals surface area contributed by atoms with Crippen LogP contribution in [0.3, 0.4) is 0 Å². The summed E-state index contributed by atoms with van der Waals surface area (Å²) < 4.78 is 5.64. The van der Waals surface area contributed by atoms with Gasteiger partial charge in [-0.2, -0.15) is 0 Å². The van der Waals surface area contributed by atoms with Gasteiger partial charge < -0.3 is 4.74 Å². The van der Waals surface area contributed by atoms with Gasteiger partial charge in [0.2, 0.25) is 0 Å². The number of benzene rings is 1. The van der Waals surface area contributed by atoms with E-state index in [1.165, 1.54) is 0 Å². The van der Waals surface area contributed by atoms with Crippen molar-refractivity contribution < 1.29 is 4.74 Å². The van der Waals surface area contributed by atoms with E-state index in [1.54, 1.807) is 11.8 Å². The topological polar surface area (TPSA) is 35.0 Å².